The molecule has 3 amide bonds. The molecule has 0 radical (unpaired) electrons. The second-order valence-corrected chi connectivity index (χ2v) is 6.29. The topological polar surface area (TPSA) is 105 Å². The van der Waals surface area contributed by atoms with Crippen LogP contribution in [-0.4, -0.2) is 74.4 Å². The van der Waals surface area contributed by atoms with Crippen molar-refractivity contribution in [1.29, 1.82) is 0 Å². The molecule has 3 N–H and O–H groups in total. The van der Waals surface area contributed by atoms with Gasteiger partial charge in [-0.15, -0.1) is 0 Å². The third-order valence-corrected chi connectivity index (χ3v) is 4.12. The highest BCUT2D eigenvalue weighted by molar-refractivity contribution is 6.09. The minimum Gasteiger partial charge on any atom is -0.370 e. The molecule has 0 aliphatic carbocycles. The summed E-state index contributed by atoms with van der Waals surface area (Å²) < 4.78 is 70.2. The van der Waals surface area contributed by atoms with Gasteiger partial charge >= 0.3 is 0 Å². The van der Waals surface area contributed by atoms with Gasteiger partial charge in [-0.1, -0.05) is 0 Å². The van der Waals surface area contributed by atoms with Gasteiger partial charge in [0.2, 0.25) is 5.91 Å². The maximum absolute atomic E-state index is 14.4. The lowest BCUT2D eigenvalue weighted by molar-refractivity contribution is -0.134. The van der Waals surface area contributed by atoms with Crippen molar-refractivity contribution in [3.63, 3.8) is 0 Å². The van der Waals surface area contributed by atoms with E-state index in [1.807, 2.05) is 0 Å². The second kappa shape index (κ2) is 10.3. The fourth-order valence-corrected chi connectivity index (χ4v) is 2.90. The fraction of sp³-hybridized carbons (Fsp3) is 0.471. The number of carbonyl (C=O) groups is 3. The zero-order valence-corrected chi connectivity index (χ0v) is 15.5. The Morgan fingerprint density at radius 2 is 1.83 bits per heavy atom. The lowest BCUT2D eigenvalue weighted by Gasteiger charge is -2.28. The van der Waals surface area contributed by atoms with Gasteiger partial charge in [-0.25, -0.2) is 22.0 Å². The van der Waals surface area contributed by atoms with Crippen LogP contribution in [0, 0.1) is 5.82 Å². The van der Waals surface area contributed by atoms with E-state index >= 15 is 0 Å². The molecule has 30 heavy (non-hydrogen) atoms. The molecule has 1 saturated heterocycles. The number of benzene rings is 1. The largest absolute Gasteiger partial charge is 0.370 e. The summed E-state index contributed by atoms with van der Waals surface area (Å²) >= 11 is 0. The predicted molar refractivity (Wildman–Crippen MR) is 94.8 cm³/mol. The van der Waals surface area contributed by atoms with Crippen LogP contribution in [0.5, 0.6) is 0 Å². The maximum Gasteiger partial charge on any atom is 0.253 e. The van der Waals surface area contributed by atoms with Gasteiger partial charge in [0.25, 0.3) is 24.7 Å². The van der Waals surface area contributed by atoms with Gasteiger partial charge in [-0.2, -0.15) is 0 Å². The Bertz CT molecular complexity index is 785. The standard InChI is InChI=1S/C17H19F5N4O4/c18-10-5-9(1-2-11(10)26-3-4-30-8-14(26)27)24-17(29)15(16(23)28)25(6-12(19)20)7-13(21)22/h1-2,5,12-13,15H,3-4,6-8H2,(H2,23,28)(H,24,29)/t15-/m0/s1. The monoisotopic (exact) mass is 438 g/mol. The molecule has 1 atom stereocenters. The van der Waals surface area contributed by atoms with Crippen molar-refractivity contribution in [2.75, 3.05) is 43.1 Å². The zero-order chi connectivity index (χ0) is 22.4. The normalized spacial score (nSPS) is 15.7. The SMILES string of the molecule is NC(=O)[C@@H](C(=O)Nc1ccc(N2CCOCC2=O)c(F)c1)N(CC(F)F)CC(F)F. The van der Waals surface area contributed by atoms with Gasteiger partial charge in [0.15, 0.2) is 6.04 Å². The molecule has 1 heterocycles. The maximum atomic E-state index is 14.4. The van der Waals surface area contributed by atoms with Gasteiger partial charge in [0.1, 0.15) is 12.4 Å². The highest BCUT2D eigenvalue weighted by atomic mass is 19.3. The number of anilines is 2. The third kappa shape index (κ3) is 6.10. The fourth-order valence-electron chi connectivity index (χ4n) is 2.90. The molecule has 1 fully saturated rings. The Hall–Kier alpha value is -2.80. The summed E-state index contributed by atoms with van der Waals surface area (Å²) in [5.41, 5.74) is 4.78. The van der Waals surface area contributed by atoms with E-state index in [1.165, 1.54) is 12.1 Å². The molecule has 2 rings (SSSR count). The Kier molecular flexibility index (Phi) is 8.06. The van der Waals surface area contributed by atoms with Gasteiger partial charge in [-0.05, 0) is 18.2 Å². The van der Waals surface area contributed by atoms with Crippen molar-refractivity contribution in [2.24, 2.45) is 5.73 Å². The number of nitrogens with one attached hydrogen (secondary N) is 1. The number of hydrogen-bond donors (Lipinski definition) is 2. The van der Waals surface area contributed by atoms with E-state index in [9.17, 15) is 36.3 Å². The Morgan fingerprint density at radius 1 is 1.20 bits per heavy atom. The average molecular weight is 438 g/mol. The summed E-state index contributed by atoms with van der Waals surface area (Å²) in [6, 6.07) is 1.08. The minimum atomic E-state index is -3.11. The van der Waals surface area contributed by atoms with Crippen molar-refractivity contribution in [2.45, 2.75) is 18.9 Å². The highest BCUT2D eigenvalue weighted by Gasteiger charge is 2.34. The summed E-state index contributed by atoms with van der Waals surface area (Å²) in [6.07, 6.45) is -6.22. The number of carbonyl (C=O) groups excluding carboxylic acids is 3. The first-order valence-electron chi connectivity index (χ1n) is 8.68. The molecule has 0 saturated carbocycles. The van der Waals surface area contributed by atoms with Crippen LogP contribution in [-0.2, 0) is 19.1 Å². The number of alkyl halides is 4. The molecule has 1 aromatic carbocycles. The minimum absolute atomic E-state index is 0.0789. The third-order valence-electron chi connectivity index (χ3n) is 4.12. The zero-order valence-electron chi connectivity index (χ0n) is 15.5. The van der Waals surface area contributed by atoms with Crippen molar-refractivity contribution < 1.29 is 41.1 Å². The molecular weight excluding hydrogens is 419 g/mol. The van der Waals surface area contributed by atoms with Crippen LogP contribution in [0.15, 0.2) is 18.2 Å². The van der Waals surface area contributed by atoms with Crippen LogP contribution in [0.4, 0.5) is 33.3 Å². The van der Waals surface area contributed by atoms with Crippen LogP contribution >= 0.6 is 0 Å². The number of amides is 3. The highest BCUT2D eigenvalue weighted by Crippen LogP contribution is 2.24. The van der Waals surface area contributed by atoms with Crippen molar-refractivity contribution in [1.82, 2.24) is 4.90 Å². The summed E-state index contributed by atoms with van der Waals surface area (Å²) in [5, 5.41) is 2.09. The number of morpholine rings is 1. The van der Waals surface area contributed by atoms with Gasteiger partial charge < -0.3 is 20.7 Å². The number of ether oxygens (including phenoxy) is 1. The molecule has 1 aromatic rings. The molecule has 0 bridgehead atoms. The first-order valence-corrected chi connectivity index (χ1v) is 8.68. The number of nitrogens with two attached hydrogens (primary N) is 1. The van der Waals surface area contributed by atoms with Crippen molar-refractivity contribution in [3.05, 3.63) is 24.0 Å². The number of primary amides is 1. The smallest absolute Gasteiger partial charge is 0.253 e. The Labute approximate surface area is 167 Å². The van der Waals surface area contributed by atoms with E-state index in [0.717, 1.165) is 11.0 Å². The molecule has 0 unspecified atom stereocenters. The predicted octanol–water partition coefficient (Wildman–Crippen LogP) is 0.813. The quantitative estimate of drug-likeness (QED) is 0.439. The molecule has 1 aliphatic rings. The molecule has 0 spiro atoms. The molecule has 8 nitrogen and oxygen atoms in total. The van der Waals surface area contributed by atoms with Crippen LogP contribution in [0.1, 0.15) is 0 Å². The molecule has 1 aliphatic heterocycles. The van der Waals surface area contributed by atoms with Crippen molar-refractivity contribution in [3.8, 4) is 0 Å². The first-order chi connectivity index (χ1) is 14.1. The van der Waals surface area contributed by atoms with Crippen LogP contribution in [0.2, 0.25) is 0 Å². The van der Waals surface area contributed by atoms with E-state index in [4.69, 9.17) is 10.5 Å². The molecule has 13 heteroatoms. The molecule has 0 aromatic heterocycles. The van der Waals surface area contributed by atoms with Crippen molar-refractivity contribution >= 4 is 29.1 Å². The van der Waals surface area contributed by atoms with E-state index in [2.05, 4.69) is 5.32 Å². The van der Waals surface area contributed by atoms with E-state index in [-0.39, 0.29) is 36.0 Å². The first kappa shape index (κ1) is 23.5. The van der Waals surface area contributed by atoms with Crippen LogP contribution in [0.25, 0.3) is 0 Å². The van der Waals surface area contributed by atoms with Crippen LogP contribution in [0.3, 0.4) is 0 Å². The summed E-state index contributed by atoms with van der Waals surface area (Å²) in [7, 11) is 0. The van der Waals surface area contributed by atoms with E-state index in [0.29, 0.717) is 0 Å². The van der Waals surface area contributed by atoms with Gasteiger partial charge in [0, 0.05) is 12.2 Å². The summed E-state index contributed by atoms with van der Waals surface area (Å²) in [6.45, 7) is -2.49. The Morgan fingerprint density at radius 3 is 2.33 bits per heavy atom. The number of halogens is 5. The van der Waals surface area contributed by atoms with Crippen LogP contribution < -0.4 is 16.0 Å². The summed E-state index contributed by atoms with van der Waals surface area (Å²) in [5.74, 6) is -4.07. The Balaban J connectivity index is 2.19. The number of hydrogen-bond acceptors (Lipinski definition) is 5. The summed E-state index contributed by atoms with van der Waals surface area (Å²) in [4.78, 5) is 37.2. The lowest BCUT2D eigenvalue weighted by Crippen LogP contribution is -2.54. The number of rotatable bonds is 9. The average Bonchev–Trinajstić information content (AvgIpc) is 2.61. The molecule has 166 valence electrons. The van der Waals surface area contributed by atoms with Gasteiger partial charge in [0.05, 0.1) is 25.4 Å². The van der Waals surface area contributed by atoms with E-state index in [1.54, 1.807) is 0 Å². The van der Waals surface area contributed by atoms with Gasteiger partial charge in [-0.3, -0.25) is 19.3 Å². The molecular formula is C17H19F5N4O4. The number of nitrogens with zero attached hydrogens (tertiary/aromatic N) is 2. The van der Waals surface area contributed by atoms with E-state index < -0.39 is 55.5 Å². The lowest BCUT2D eigenvalue weighted by atomic mass is 10.2. The second-order valence-electron chi connectivity index (χ2n) is 6.29.